The lowest BCUT2D eigenvalue weighted by Crippen LogP contribution is -2.16. The van der Waals surface area contributed by atoms with Crippen molar-refractivity contribution in [1.82, 2.24) is 0 Å². The highest BCUT2D eigenvalue weighted by molar-refractivity contribution is 9.10. The summed E-state index contributed by atoms with van der Waals surface area (Å²) in [5.74, 6) is -0.782. The number of anilines is 1. The number of nitrogens with one attached hydrogen (secondary N) is 1. The predicted octanol–water partition coefficient (Wildman–Crippen LogP) is 3.77. The van der Waals surface area contributed by atoms with Crippen molar-refractivity contribution < 1.29 is 9.90 Å². The fourth-order valence-corrected chi connectivity index (χ4v) is 2.01. The second-order valence-electron chi connectivity index (χ2n) is 3.60. The molecule has 0 fully saturated rings. The predicted molar refractivity (Wildman–Crippen MR) is 69.1 cm³/mol. The molecule has 0 aliphatic carbocycles. The van der Waals surface area contributed by atoms with E-state index in [9.17, 15) is 4.79 Å². The zero-order valence-corrected chi connectivity index (χ0v) is 11.2. The molecule has 0 amide bonds. The molecule has 0 aliphatic rings. The maximum Gasteiger partial charge on any atom is 0.303 e. The molecule has 0 aliphatic heterocycles. The van der Waals surface area contributed by atoms with Gasteiger partial charge in [0.05, 0.1) is 10.7 Å². The number of halogens is 2. The van der Waals surface area contributed by atoms with Crippen molar-refractivity contribution in [2.75, 3.05) is 5.32 Å². The maximum absolute atomic E-state index is 10.4. The van der Waals surface area contributed by atoms with E-state index in [-0.39, 0.29) is 12.5 Å². The van der Waals surface area contributed by atoms with E-state index in [4.69, 9.17) is 16.7 Å². The second kappa shape index (κ2) is 6.11. The lowest BCUT2D eigenvalue weighted by Gasteiger charge is -2.15. The third-order valence-corrected chi connectivity index (χ3v) is 2.93. The quantitative estimate of drug-likeness (QED) is 0.870. The van der Waals surface area contributed by atoms with Crippen LogP contribution in [-0.4, -0.2) is 17.1 Å². The lowest BCUT2D eigenvalue weighted by atomic mass is 10.1. The van der Waals surface area contributed by atoms with Gasteiger partial charge in [0, 0.05) is 16.9 Å². The SMILES string of the molecule is CC(CCC(=O)O)Nc1ccc(Br)cc1Cl. The van der Waals surface area contributed by atoms with Crippen molar-refractivity contribution in [2.45, 2.75) is 25.8 Å². The molecule has 3 nitrogen and oxygen atoms in total. The fourth-order valence-electron chi connectivity index (χ4n) is 1.28. The number of aliphatic carboxylic acids is 1. The summed E-state index contributed by atoms with van der Waals surface area (Å²) in [5.41, 5.74) is 0.822. The zero-order valence-electron chi connectivity index (χ0n) is 8.84. The number of hydrogen-bond acceptors (Lipinski definition) is 2. The molecule has 0 bridgehead atoms. The highest BCUT2D eigenvalue weighted by atomic mass is 79.9. The van der Waals surface area contributed by atoms with Gasteiger partial charge in [-0.15, -0.1) is 0 Å². The summed E-state index contributed by atoms with van der Waals surface area (Å²) in [4.78, 5) is 10.4. The molecule has 88 valence electrons. The van der Waals surface area contributed by atoms with Crippen molar-refractivity contribution >= 4 is 39.2 Å². The first-order valence-corrected chi connectivity index (χ1v) is 6.09. The molecule has 5 heteroatoms. The molecule has 0 heterocycles. The van der Waals surface area contributed by atoms with Gasteiger partial charge in [0.15, 0.2) is 0 Å². The minimum atomic E-state index is -0.782. The van der Waals surface area contributed by atoms with Gasteiger partial charge < -0.3 is 10.4 Å². The zero-order chi connectivity index (χ0) is 12.1. The number of carbonyl (C=O) groups is 1. The Kier molecular flexibility index (Phi) is 5.09. The summed E-state index contributed by atoms with van der Waals surface area (Å²) >= 11 is 9.35. The van der Waals surface area contributed by atoms with E-state index in [1.54, 1.807) is 6.07 Å². The molecule has 0 saturated heterocycles. The molecular formula is C11H13BrClNO2. The maximum atomic E-state index is 10.4. The number of rotatable bonds is 5. The Morgan fingerprint density at radius 1 is 1.62 bits per heavy atom. The second-order valence-corrected chi connectivity index (χ2v) is 4.92. The summed E-state index contributed by atoms with van der Waals surface area (Å²) in [5, 5.41) is 12.4. The van der Waals surface area contributed by atoms with Crippen molar-refractivity contribution in [3.63, 3.8) is 0 Å². The first-order valence-electron chi connectivity index (χ1n) is 4.92. The number of hydrogen-bond donors (Lipinski definition) is 2. The molecule has 0 radical (unpaired) electrons. The Labute approximate surface area is 108 Å². The van der Waals surface area contributed by atoms with E-state index in [2.05, 4.69) is 21.2 Å². The van der Waals surface area contributed by atoms with Crippen LogP contribution in [0.25, 0.3) is 0 Å². The molecule has 0 saturated carbocycles. The normalized spacial score (nSPS) is 12.2. The fraction of sp³-hybridized carbons (Fsp3) is 0.364. The summed E-state index contributed by atoms with van der Waals surface area (Å²) in [6.45, 7) is 1.93. The Morgan fingerprint density at radius 3 is 2.88 bits per heavy atom. The van der Waals surface area contributed by atoms with Crippen molar-refractivity contribution in [3.05, 3.63) is 27.7 Å². The monoisotopic (exact) mass is 305 g/mol. The van der Waals surface area contributed by atoms with E-state index in [0.717, 1.165) is 10.2 Å². The van der Waals surface area contributed by atoms with Crippen LogP contribution >= 0.6 is 27.5 Å². The Bertz CT molecular complexity index is 384. The Hall–Kier alpha value is -0.740. The van der Waals surface area contributed by atoms with Crippen LogP contribution in [-0.2, 0) is 4.79 Å². The van der Waals surface area contributed by atoms with E-state index in [1.165, 1.54) is 0 Å². The van der Waals surface area contributed by atoms with Crippen molar-refractivity contribution in [2.24, 2.45) is 0 Å². The molecule has 1 rings (SSSR count). The highest BCUT2D eigenvalue weighted by Crippen LogP contribution is 2.26. The molecule has 1 aromatic rings. The third-order valence-electron chi connectivity index (χ3n) is 2.12. The van der Waals surface area contributed by atoms with Crippen molar-refractivity contribution in [3.8, 4) is 0 Å². The largest absolute Gasteiger partial charge is 0.481 e. The van der Waals surface area contributed by atoms with E-state index >= 15 is 0 Å². The minimum Gasteiger partial charge on any atom is -0.481 e. The first-order chi connectivity index (χ1) is 7.49. The van der Waals surface area contributed by atoms with Gasteiger partial charge in [-0.25, -0.2) is 0 Å². The van der Waals surface area contributed by atoms with Crippen molar-refractivity contribution in [1.29, 1.82) is 0 Å². The number of benzene rings is 1. The first kappa shape index (κ1) is 13.3. The van der Waals surface area contributed by atoms with Gasteiger partial charge in [-0.3, -0.25) is 4.79 Å². The molecule has 2 N–H and O–H groups in total. The van der Waals surface area contributed by atoms with Gasteiger partial charge >= 0.3 is 5.97 Å². The van der Waals surface area contributed by atoms with E-state index in [0.29, 0.717) is 11.4 Å². The molecule has 0 spiro atoms. The standard InChI is InChI=1S/C11H13BrClNO2/c1-7(2-5-11(15)16)14-10-4-3-8(12)6-9(10)13/h3-4,6-7,14H,2,5H2,1H3,(H,15,16). The number of carboxylic acids is 1. The van der Waals surface area contributed by atoms with E-state index in [1.807, 2.05) is 19.1 Å². The number of carboxylic acid groups (broad SMARTS) is 1. The van der Waals surface area contributed by atoms with Crippen LogP contribution < -0.4 is 5.32 Å². The molecule has 16 heavy (non-hydrogen) atoms. The average Bonchev–Trinajstić information content (AvgIpc) is 2.19. The molecule has 1 unspecified atom stereocenters. The van der Waals surface area contributed by atoms with Crippen LogP contribution in [0, 0.1) is 0 Å². The van der Waals surface area contributed by atoms with Crippen LogP contribution in [0.15, 0.2) is 22.7 Å². The molecule has 0 aromatic heterocycles. The van der Waals surface area contributed by atoms with Gasteiger partial charge in [-0.1, -0.05) is 27.5 Å². The smallest absolute Gasteiger partial charge is 0.303 e. The van der Waals surface area contributed by atoms with Crippen LogP contribution in [0.2, 0.25) is 5.02 Å². The topological polar surface area (TPSA) is 49.3 Å². The summed E-state index contributed by atoms with van der Waals surface area (Å²) in [6.07, 6.45) is 0.726. The van der Waals surface area contributed by atoms with Gasteiger partial charge in [0.1, 0.15) is 0 Å². The van der Waals surface area contributed by atoms with Crippen LogP contribution in [0.3, 0.4) is 0 Å². The van der Waals surface area contributed by atoms with Crippen LogP contribution in [0.4, 0.5) is 5.69 Å². The van der Waals surface area contributed by atoms with Gasteiger partial charge in [-0.2, -0.15) is 0 Å². The molecule has 1 atom stereocenters. The Morgan fingerprint density at radius 2 is 2.31 bits per heavy atom. The summed E-state index contributed by atoms with van der Waals surface area (Å²) < 4.78 is 0.918. The average molecular weight is 307 g/mol. The summed E-state index contributed by atoms with van der Waals surface area (Å²) in [6, 6.07) is 5.63. The minimum absolute atomic E-state index is 0.0785. The molecular weight excluding hydrogens is 293 g/mol. The van der Waals surface area contributed by atoms with Crippen LogP contribution in [0.5, 0.6) is 0 Å². The lowest BCUT2D eigenvalue weighted by molar-refractivity contribution is -0.137. The highest BCUT2D eigenvalue weighted by Gasteiger charge is 2.07. The van der Waals surface area contributed by atoms with Crippen LogP contribution in [0.1, 0.15) is 19.8 Å². The van der Waals surface area contributed by atoms with Gasteiger partial charge in [0.25, 0.3) is 0 Å². The Balaban J connectivity index is 2.55. The molecule has 1 aromatic carbocycles. The summed E-state index contributed by atoms with van der Waals surface area (Å²) in [7, 11) is 0. The van der Waals surface area contributed by atoms with Gasteiger partial charge in [-0.05, 0) is 31.5 Å². The van der Waals surface area contributed by atoms with E-state index < -0.39 is 5.97 Å². The van der Waals surface area contributed by atoms with Gasteiger partial charge in [0.2, 0.25) is 0 Å². The third kappa shape index (κ3) is 4.41.